The Bertz CT molecular complexity index is 1440. The van der Waals surface area contributed by atoms with Crippen LogP contribution in [0.1, 0.15) is 0 Å². The molecule has 174 valence electrons. The molecule has 0 saturated carbocycles. The summed E-state index contributed by atoms with van der Waals surface area (Å²) in [5.41, 5.74) is 1.81. The Morgan fingerprint density at radius 1 is 0.794 bits per heavy atom. The minimum atomic E-state index is -3.88. The third-order valence-electron chi connectivity index (χ3n) is 5.68. The Balaban J connectivity index is 1.47. The number of nitrogens with zero attached hydrogens (tertiary/aromatic N) is 4. The highest BCUT2D eigenvalue weighted by Gasteiger charge is 2.25. The van der Waals surface area contributed by atoms with E-state index in [1.807, 2.05) is 34.1 Å². The van der Waals surface area contributed by atoms with E-state index in [4.69, 9.17) is 4.98 Å². The van der Waals surface area contributed by atoms with Gasteiger partial charge in [0.1, 0.15) is 5.82 Å². The Labute approximate surface area is 205 Å². The number of hydrogen-bond donors (Lipinski definition) is 1. The lowest BCUT2D eigenvalue weighted by molar-refractivity contribution is 0.595. The summed E-state index contributed by atoms with van der Waals surface area (Å²) >= 11 is 3.32. The molecule has 0 bridgehead atoms. The molecule has 1 fully saturated rings. The highest BCUT2D eigenvalue weighted by molar-refractivity contribution is 9.10. The number of nitrogens with one attached hydrogen (secondary N) is 1. The third-order valence-corrected chi connectivity index (χ3v) is 7.56. The average Bonchev–Trinajstić information content (AvgIpc) is 2.84. The van der Waals surface area contributed by atoms with Gasteiger partial charge in [-0.05, 0) is 48.5 Å². The van der Waals surface area contributed by atoms with Gasteiger partial charge in [-0.3, -0.25) is 4.72 Å². The van der Waals surface area contributed by atoms with E-state index in [0.717, 1.165) is 4.47 Å². The quantitative estimate of drug-likeness (QED) is 0.396. The molecule has 7 nitrogen and oxygen atoms in total. The maximum atomic E-state index is 14.2. The highest BCUT2D eigenvalue weighted by Crippen LogP contribution is 2.29. The summed E-state index contributed by atoms with van der Waals surface area (Å²) < 4.78 is 43.9. The first kappa shape index (κ1) is 22.5. The number of fused-ring (bicyclic) bond motifs is 1. The SMILES string of the molecule is O=S(=O)(Nc1nc2ccccc2nc1N1CCN(c2ccccc2F)CC1)c1ccc(Br)cc1. The summed E-state index contributed by atoms with van der Waals surface area (Å²) in [6.07, 6.45) is 0. The molecule has 34 heavy (non-hydrogen) atoms. The predicted octanol–water partition coefficient (Wildman–Crippen LogP) is 4.66. The normalized spacial score (nSPS) is 14.4. The lowest BCUT2D eigenvalue weighted by Gasteiger charge is -2.37. The Morgan fingerprint density at radius 2 is 1.38 bits per heavy atom. The third kappa shape index (κ3) is 4.55. The van der Waals surface area contributed by atoms with Crippen LogP contribution in [0.2, 0.25) is 0 Å². The highest BCUT2D eigenvalue weighted by atomic mass is 79.9. The first-order valence-corrected chi connectivity index (χ1v) is 13.0. The molecular formula is C24H21BrFN5O2S. The summed E-state index contributed by atoms with van der Waals surface area (Å²) in [5.74, 6) is 0.359. The molecule has 3 aromatic carbocycles. The van der Waals surface area contributed by atoms with Crippen molar-refractivity contribution in [3.63, 3.8) is 0 Å². The van der Waals surface area contributed by atoms with Crippen molar-refractivity contribution in [2.24, 2.45) is 0 Å². The van der Waals surface area contributed by atoms with E-state index in [0.29, 0.717) is 48.7 Å². The minimum absolute atomic E-state index is 0.126. The number of sulfonamides is 1. The van der Waals surface area contributed by atoms with Crippen molar-refractivity contribution in [2.45, 2.75) is 4.90 Å². The summed E-state index contributed by atoms with van der Waals surface area (Å²) in [6.45, 7) is 2.20. The maximum absolute atomic E-state index is 14.2. The molecule has 0 unspecified atom stereocenters. The molecule has 5 rings (SSSR count). The lowest BCUT2D eigenvalue weighted by atomic mass is 10.2. The van der Waals surface area contributed by atoms with Crippen molar-refractivity contribution >= 4 is 54.3 Å². The van der Waals surface area contributed by atoms with Gasteiger partial charge >= 0.3 is 0 Å². The number of piperazine rings is 1. The predicted molar refractivity (Wildman–Crippen MR) is 135 cm³/mol. The maximum Gasteiger partial charge on any atom is 0.263 e. The summed E-state index contributed by atoms with van der Waals surface area (Å²) in [4.78, 5) is 13.4. The smallest absolute Gasteiger partial charge is 0.263 e. The summed E-state index contributed by atoms with van der Waals surface area (Å²) in [7, 11) is -3.88. The summed E-state index contributed by atoms with van der Waals surface area (Å²) in [6, 6.07) is 20.4. The van der Waals surface area contributed by atoms with Gasteiger partial charge in [-0.1, -0.05) is 40.2 Å². The van der Waals surface area contributed by atoms with Crippen molar-refractivity contribution < 1.29 is 12.8 Å². The van der Waals surface area contributed by atoms with Crippen LogP contribution in [0.25, 0.3) is 11.0 Å². The van der Waals surface area contributed by atoms with Crippen LogP contribution in [0.5, 0.6) is 0 Å². The van der Waals surface area contributed by atoms with Crippen molar-refractivity contribution in [3.05, 3.63) is 83.1 Å². The number of anilines is 3. The molecule has 0 aliphatic carbocycles. The van der Waals surface area contributed by atoms with Gasteiger partial charge in [-0.25, -0.2) is 22.8 Å². The molecule has 1 aliphatic rings. The van der Waals surface area contributed by atoms with Gasteiger partial charge in [-0.2, -0.15) is 0 Å². The van der Waals surface area contributed by atoms with E-state index < -0.39 is 10.0 Å². The fraction of sp³-hybridized carbons (Fsp3) is 0.167. The van der Waals surface area contributed by atoms with Crippen LogP contribution < -0.4 is 14.5 Å². The Hall–Kier alpha value is -3.24. The zero-order valence-electron chi connectivity index (χ0n) is 18.0. The van der Waals surface area contributed by atoms with Crippen molar-refractivity contribution in [3.8, 4) is 0 Å². The van der Waals surface area contributed by atoms with E-state index in [2.05, 4.69) is 25.6 Å². The molecule has 1 aliphatic heterocycles. The van der Waals surface area contributed by atoms with Gasteiger partial charge < -0.3 is 9.80 Å². The Kier molecular flexibility index (Phi) is 6.09. The number of hydrogen-bond acceptors (Lipinski definition) is 6. The van der Waals surface area contributed by atoms with Crippen LogP contribution in [0, 0.1) is 5.82 Å². The second-order valence-corrected chi connectivity index (χ2v) is 10.5. The minimum Gasteiger partial charge on any atom is -0.366 e. The van der Waals surface area contributed by atoms with E-state index in [9.17, 15) is 12.8 Å². The van der Waals surface area contributed by atoms with Crippen LogP contribution in [0.3, 0.4) is 0 Å². The van der Waals surface area contributed by atoms with Crippen LogP contribution in [0.15, 0.2) is 82.2 Å². The average molecular weight is 542 g/mol. The monoisotopic (exact) mass is 541 g/mol. The van der Waals surface area contributed by atoms with Crippen molar-refractivity contribution in [1.82, 2.24) is 9.97 Å². The number of rotatable bonds is 5. The molecule has 1 saturated heterocycles. The number of halogens is 2. The van der Waals surface area contributed by atoms with Crippen LogP contribution in [-0.4, -0.2) is 44.6 Å². The first-order valence-electron chi connectivity index (χ1n) is 10.7. The molecule has 0 radical (unpaired) electrons. The molecule has 0 spiro atoms. The van der Waals surface area contributed by atoms with E-state index >= 15 is 0 Å². The molecule has 1 aromatic heterocycles. The van der Waals surface area contributed by atoms with Gasteiger partial charge in [0.2, 0.25) is 0 Å². The van der Waals surface area contributed by atoms with Crippen molar-refractivity contribution in [1.29, 1.82) is 0 Å². The molecule has 0 atom stereocenters. The second kappa shape index (κ2) is 9.19. The Morgan fingerprint density at radius 3 is 2.06 bits per heavy atom. The molecule has 1 N–H and O–H groups in total. The summed E-state index contributed by atoms with van der Waals surface area (Å²) in [5, 5.41) is 0. The molecule has 0 amide bonds. The molecule has 2 heterocycles. The largest absolute Gasteiger partial charge is 0.366 e. The number of para-hydroxylation sites is 3. The van der Waals surface area contributed by atoms with E-state index in [1.54, 1.807) is 30.3 Å². The number of benzene rings is 3. The van der Waals surface area contributed by atoms with Gasteiger partial charge in [0, 0.05) is 30.7 Å². The molecule has 4 aromatic rings. The second-order valence-electron chi connectivity index (χ2n) is 7.87. The standard InChI is InChI=1S/C24H21BrFN5O2S/c25-17-9-11-18(12-10-17)34(32,33)29-23-24(28-21-7-3-2-6-20(21)27-23)31-15-13-30(14-16-31)22-8-4-1-5-19(22)26/h1-12H,13-16H2,(H,27,29). The topological polar surface area (TPSA) is 78.4 Å². The fourth-order valence-corrected chi connectivity index (χ4v) is 5.22. The first-order chi connectivity index (χ1) is 16.4. The van der Waals surface area contributed by atoms with Crippen LogP contribution in [0.4, 0.5) is 21.7 Å². The zero-order chi connectivity index (χ0) is 23.7. The lowest BCUT2D eigenvalue weighted by Crippen LogP contribution is -2.47. The van der Waals surface area contributed by atoms with E-state index in [1.165, 1.54) is 18.2 Å². The van der Waals surface area contributed by atoms with Gasteiger partial charge in [0.25, 0.3) is 10.0 Å². The molecule has 10 heteroatoms. The molecular weight excluding hydrogens is 521 g/mol. The van der Waals surface area contributed by atoms with Crippen LogP contribution >= 0.6 is 15.9 Å². The van der Waals surface area contributed by atoms with Crippen molar-refractivity contribution in [2.75, 3.05) is 40.7 Å². The van der Waals surface area contributed by atoms with Crippen LogP contribution in [-0.2, 0) is 10.0 Å². The van der Waals surface area contributed by atoms with E-state index in [-0.39, 0.29) is 16.5 Å². The fourth-order valence-electron chi connectivity index (χ4n) is 3.95. The van der Waals surface area contributed by atoms with Gasteiger partial charge in [-0.15, -0.1) is 0 Å². The number of aromatic nitrogens is 2. The van der Waals surface area contributed by atoms with Gasteiger partial charge in [0.15, 0.2) is 11.6 Å². The van der Waals surface area contributed by atoms with Gasteiger partial charge in [0.05, 0.1) is 21.6 Å². The zero-order valence-corrected chi connectivity index (χ0v) is 20.4.